The predicted octanol–water partition coefficient (Wildman–Crippen LogP) is -0.765. The maximum absolute atomic E-state index is 8.77. The molecule has 0 aliphatic carbocycles. The van der Waals surface area contributed by atoms with Crippen LogP contribution in [0.15, 0.2) is 0 Å². The third kappa shape index (κ3) is 25.4. The summed E-state index contributed by atoms with van der Waals surface area (Å²) in [7, 11) is 0. The number of hydrogen-bond acceptors (Lipinski definition) is 4. The number of carbonyl (C=O) groups is 1. The van der Waals surface area contributed by atoms with E-state index in [2.05, 4.69) is 11.6 Å². The molecule has 0 aromatic carbocycles. The zero-order valence-corrected chi connectivity index (χ0v) is 5.82. The van der Waals surface area contributed by atoms with Crippen LogP contribution in [-0.2, 0) is 0 Å². The van der Waals surface area contributed by atoms with E-state index >= 15 is 0 Å². The summed E-state index contributed by atoms with van der Waals surface area (Å²) in [5.41, 5.74) is -1.36. The lowest BCUT2D eigenvalue weighted by atomic mass is 10.4. The Morgan fingerprint density at radius 3 is 1.60 bits per heavy atom. The number of aliphatic hydroxyl groups excluding tert-OH is 3. The average Bonchev–Trinajstić information content (AvgIpc) is 1.85. The van der Waals surface area contributed by atoms with Crippen LogP contribution in [0, 0.1) is 0 Å². The lowest BCUT2D eigenvalue weighted by Crippen LogP contribution is -2.15. The van der Waals surface area contributed by atoms with Crippen LogP contribution in [-0.4, -0.2) is 45.2 Å². The molecule has 0 spiro atoms. The van der Waals surface area contributed by atoms with Gasteiger partial charge in [-0.1, -0.05) is 0 Å². The van der Waals surface area contributed by atoms with E-state index in [1.807, 2.05) is 0 Å². The molecule has 0 saturated carbocycles. The van der Waals surface area contributed by atoms with E-state index in [-0.39, 0.29) is 13.2 Å². The summed E-state index contributed by atoms with van der Waals surface area (Å²) in [6, 6.07) is 0. The van der Waals surface area contributed by atoms with Gasteiger partial charge in [0.2, 0.25) is 0 Å². The largest absolute Gasteiger partial charge is 0.469 e. The maximum Gasteiger partial charge on any atom is 0.401 e. The molecule has 0 bridgehead atoms. The first-order chi connectivity index (χ1) is 4.54. The molecular formula is C4H9ClO5. The second-order valence-electron chi connectivity index (χ2n) is 1.27. The third-order valence-corrected chi connectivity index (χ3v) is 0.421. The van der Waals surface area contributed by atoms with Crippen LogP contribution >= 0.6 is 11.6 Å². The van der Waals surface area contributed by atoms with Crippen LogP contribution in [0.4, 0.5) is 4.79 Å². The van der Waals surface area contributed by atoms with Crippen molar-refractivity contribution in [3.05, 3.63) is 0 Å². The van der Waals surface area contributed by atoms with E-state index in [9.17, 15) is 0 Å². The molecular weight excluding hydrogens is 163 g/mol. The van der Waals surface area contributed by atoms with Crippen molar-refractivity contribution in [3.63, 3.8) is 0 Å². The van der Waals surface area contributed by atoms with Gasteiger partial charge in [-0.2, -0.15) is 0 Å². The fourth-order valence-electron chi connectivity index (χ4n) is 0.0577. The molecule has 6 heteroatoms. The standard InChI is InChI=1S/C3H8O3.CHClO2/c4-1-3(6)2-5;2-1(3)4/h3-6H,1-2H2;(H,3,4). The fraction of sp³-hybridized carbons (Fsp3) is 0.750. The molecule has 0 radical (unpaired) electrons. The molecule has 0 saturated heterocycles. The van der Waals surface area contributed by atoms with Gasteiger partial charge in [-0.25, -0.2) is 4.79 Å². The van der Waals surface area contributed by atoms with Crippen LogP contribution in [0.2, 0.25) is 0 Å². The molecule has 0 amide bonds. The second-order valence-corrected chi connectivity index (χ2v) is 1.60. The Morgan fingerprint density at radius 2 is 1.60 bits per heavy atom. The van der Waals surface area contributed by atoms with E-state index in [4.69, 9.17) is 25.2 Å². The van der Waals surface area contributed by atoms with E-state index < -0.39 is 11.5 Å². The van der Waals surface area contributed by atoms with E-state index in [1.54, 1.807) is 0 Å². The molecule has 0 atom stereocenters. The first kappa shape index (κ1) is 12.3. The fourth-order valence-corrected chi connectivity index (χ4v) is 0.0577. The molecule has 0 aliphatic heterocycles. The highest BCUT2D eigenvalue weighted by Crippen LogP contribution is 1.71. The van der Waals surface area contributed by atoms with Gasteiger partial charge in [-0.05, 0) is 0 Å². The minimum atomic E-state index is -1.36. The van der Waals surface area contributed by atoms with Crippen molar-refractivity contribution in [3.8, 4) is 0 Å². The highest BCUT2D eigenvalue weighted by Gasteiger charge is 1.93. The normalized spacial score (nSPS) is 8.50. The summed E-state index contributed by atoms with van der Waals surface area (Å²) in [5.74, 6) is 0. The van der Waals surface area contributed by atoms with Gasteiger partial charge in [-0.3, -0.25) is 0 Å². The molecule has 0 aliphatic rings. The third-order valence-electron chi connectivity index (χ3n) is 0.421. The van der Waals surface area contributed by atoms with E-state index in [1.165, 1.54) is 0 Å². The summed E-state index contributed by atoms with van der Waals surface area (Å²) in [4.78, 5) is 8.77. The molecule has 62 valence electrons. The van der Waals surface area contributed by atoms with Crippen molar-refractivity contribution in [2.24, 2.45) is 0 Å². The van der Waals surface area contributed by atoms with Gasteiger partial charge in [0, 0.05) is 11.6 Å². The highest BCUT2D eigenvalue weighted by molar-refractivity contribution is 6.60. The highest BCUT2D eigenvalue weighted by atomic mass is 35.5. The minimum absolute atomic E-state index is 0.365. The Bertz CT molecular complexity index is 77.7. The van der Waals surface area contributed by atoms with Crippen molar-refractivity contribution in [1.82, 2.24) is 0 Å². The number of hydrogen-bond donors (Lipinski definition) is 4. The van der Waals surface area contributed by atoms with Crippen LogP contribution in [0.3, 0.4) is 0 Å². The van der Waals surface area contributed by atoms with Crippen molar-refractivity contribution in [1.29, 1.82) is 0 Å². The lowest BCUT2D eigenvalue weighted by molar-refractivity contribution is 0.0450. The first-order valence-corrected chi connectivity index (χ1v) is 2.70. The molecule has 0 aromatic heterocycles. The van der Waals surface area contributed by atoms with Crippen molar-refractivity contribution < 1.29 is 25.2 Å². The van der Waals surface area contributed by atoms with Gasteiger partial charge >= 0.3 is 5.43 Å². The molecule has 0 aromatic rings. The predicted molar refractivity (Wildman–Crippen MR) is 34.1 cm³/mol. The van der Waals surface area contributed by atoms with Crippen molar-refractivity contribution in [2.45, 2.75) is 6.10 Å². The lowest BCUT2D eigenvalue weighted by Gasteiger charge is -1.96. The Morgan fingerprint density at radius 1 is 1.40 bits per heavy atom. The Kier molecular flexibility index (Phi) is 10.7. The zero-order chi connectivity index (χ0) is 8.57. The molecule has 4 N–H and O–H groups in total. The summed E-state index contributed by atoms with van der Waals surface area (Å²) in [6.45, 7) is -0.729. The quantitative estimate of drug-likeness (QED) is 0.411. The summed E-state index contributed by atoms with van der Waals surface area (Å²) < 4.78 is 0. The average molecular weight is 173 g/mol. The van der Waals surface area contributed by atoms with Gasteiger partial charge in [0.15, 0.2) is 0 Å². The number of aliphatic hydroxyl groups is 3. The van der Waals surface area contributed by atoms with Crippen LogP contribution in [0.1, 0.15) is 0 Å². The minimum Gasteiger partial charge on any atom is -0.469 e. The Hall–Kier alpha value is -0.360. The number of rotatable bonds is 2. The molecule has 10 heavy (non-hydrogen) atoms. The molecule has 0 rings (SSSR count). The van der Waals surface area contributed by atoms with Gasteiger partial charge in [0.25, 0.3) is 0 Å². The van der Waals surface area contributed by atoms with E-state index in [0.29, 0.717) is 0 Å². The first-order valence-electron chi connectivity index (χ1n) is 2.32. The zero-order valence-electron chi connectivity index (χ0n) is 5.07. The van der Waals surface area contributed by atoms with E-state index in [0.717, 1.165) is 0 Å². The Labute approximate surface area is 62.5 Å². The molecule has 0 unspecified atom stereocenters. The van der Waals surface area contributed by atoms with Gasteiger partial charge in [0.05, 0.1) is 13.2 Å². The molecule has 5 nitrogen and oxygen atoms in total. The van der Waals surface area contributed by atoms with Gasteiger partial charge in [0.1, 0.15) is 6.10 Å². The van der Waals surface area contributed by atoms with Gasteiger partial charge in [-0.15, -0.1) is 0 Å². The van der Waals surface area contributed by atoms with Gasteiger partial charge < -0.3 is 20.4 Å². The van der Waals surface area contributed by atoms with Crippen molar-refractivity contribution in [2.75, 3.05) is 13.2 Å². The summed E-state index contributed by atoms with van der Waals surface area (Å²) in [5, 5.41) is 31.2. The second kappa shape index (κ2) is 8.64. The van der Waals surface area contributed by atoms with Crippen LogP contribution < -0.4 is 0 Å². The molecule has 0 fully saturated rings. The number of halogens is 1. The van der Waals surface area contributed by atoms with Crippen LogP contribution in [0.25, 0.3) is 0 Å². The summed E-state index contributed by atoms with van der Waals surface area (Å²) >= 11 is 4.19. The topological polar surface area (TPSA) is 98.0 Å². The van der Waals surface area contributed by atoms with Crippen molar-refractivity contribution >= 4 is 17.0 Å². The SMILES string of the molecule is O=C(O)Cl.OCC(O)CO. The monoisotopic (exact) mass is 172 g/mol. The summed E-state index contributed by atoms with van der Waals surface area (Å²) in [6.07, 6.45) is -0.954. The number of carboxylic acid groups (broad SMARTS) is 1. The smallest absolute Gasteiger partial charge is 0.401 e. The maximum atomic E-state index is 8.77. The molecule has 0 heterocycles. The van der Waals surface area contributed by atoms with Crippen LogP contribution in [0.5, 0.6) is 0 Å². The Balaban J connectivity index is 0.